The largest absolute Gasteiger partial charge is 0.454 e. The van der Waals surface area contributed by atoms with E-state index in [0.29, 0.717) is 22.9 Å². The molecule has 162 valence electrons. The van der Waals surface area contributed by atoms with Gasteiger partial charge in [-0.3, -0.25) is 9.59 Å². The van der Waals surface area contributed by atoms with E-state index in [-0.39, 0.29) is 18.6 Å². The molecule has 7 nitrogen and oxygen atoms in total. The van der Waals surface area contributed by atoms with E-state index in [9.17, 15) is 9.59 Å². The molecule has 7 heteroatoms. The van der Waals surface area contributed by atoms with Gasteiger partial charge in [-0.1, -0.05) is 18.2 Å². The molecule has 1 saturated carbocycles. The third-order valence-electron chi connectivity index (χ3n) is 6.12. The zero-order valence-corrected chi connectivity index (χ0v) is 17.9. The standard InChI is InChI=1S/C25H23N3O4/c1-15-19(16-3-5-17(6-4-16)23(29)26-2)8-10-22(27-15)28-24(30)25(11-12-25)18-7-9-20-21(13-18)32-14-31-20/h3-10,13H,11-12,14H2,1-2H3,(H,26,29)(H,27,28,30). The predicted octanol–water partition coefficient (Wildman–Crippen LogP) is 3.82. The first kappa shape index (κ1) is 20.1. The van der Waals surface area contributed by atoms with E-state index < -0.39 is 5.41 Å². The van der Waals surface area contributed by atoms with Crippen LogP contribution in [0.5, 0.6) is 11.5 Å². The fourth-order valence-electron chi connectivity index (χ4n) is 4.08. The molecule has 2 aliphatic rings. The van der Waals surface area contributed by atoms with Crippen LogP contribution in [-0.4, -0.2) is 30.6 Å². The van der Waals surface area contributed by atoms with Gasteiger partial charge >= 0.3 is 0 Å². The predicted molar refractivity (Wildman–Crippen MR) is 120 cm³/mol. The van der Waals surface area contributed by atoms with Crippen molar-refractivity contribution in [3.8, 4) is 22.6 Å². The normalized spacial score (nSPS) is 15.2. The minimum absolute atomic E-state index is 0.0639. The highest BCUT2D eigenvalue weighted by Crippen LogP contribution is 2.51. The molecule has 0 saturated heterocycles. The second-order valence-corrected chi connectivity index (χ2v) is 8.09. The number of nitrogens with zero attached hydrogens (tertiary/aromatic N) is 1. The number of nitrogens with one attached hydrogen (secondary N) is 2. The summed E-state index contributed by atoms with van der Waals surface area (Å²) in [7, 11) is 1.61. The van der Waals surface area contributed by atoms with Crippen LogP contribution in [0.3, 0.4) is 0 Å². The average Bonchev–Trinajstić information content (AvgIpc) is 3.49. The van der Waals surface area contributed by atoms with Gasteiger partial charge in [-0.15, -0.1) is 0 Å². The fourth-order valence-corrected chi connectivity index (χ4v) is 4.08. The molecule has 2 heterocycles. The van der Waals surface area contributed by atoms with E-state index >= 15 is 0 Å². The molecule has 0 unspecified atom stereocenters. The Labute approximate surface area is 185 Å². The number of rotatable bonds is 5. The van der Waals surface area contributed by atoms with Crippen molar-refractivity contribution in [1.29, 1.82) is 0 Å². The molecule has 1 fully saturated rings. The molecular weight excluding hydrogens is 406 g/mol. The number of pyridine rings is 1. The monoisotopic (exact) mass is 429 g/mol. The summed E-state index contributed by atoms with van der Waals surface area (Å²) in [4.78, 5) is 29.5. The van der Waals surface area contributed by atoms with Crippen LogP contribution in [0.4, 0.5) is 5.82 Å². The van der Waals surface area contributed by atoms with Gasteiger partial charge in [0.25, 0.3) is 5.91 Å². The number of hydrogen-bond acceptors (Lipinski definition) is 5. The molecule has 32 heavy (non-hydrogen) atoms. The Kier molecular flexibility index (Phi) is 4.81. The molecular formula is C25H23N3O4. The van der Waals surface area contributed by atoms with E-state index in [0.717, 1.165) is 35.2 Å². The Hall–Kier alpha value is -3.87. The molecule has 0 bridgehead atoms. The number of fused-ring (bicyclic) bond motifs is 1. The first-order chi connectivity index (χ1) is 15.5. The summed E-state index contributed by atoms with van der Waals surface area (Å²) in [6.45, 7) is 2.12. The van der Waals surface area contributed by atoms with Gasteiger partial charge in [-0.25, -0.2) is 4.98 Å². The van der Waals surface area contributed by atoms with Crippen LogP contribution >= 0.6 is 0 Å². The molecule has 0 atom stereocenters. The lowest BCUT2D eigenvalue weighted by atomic mass is 9.94. The van der Waals surface area contributed by atoms with Crippen molar-refractivity contribution in [3.05, 3.63) is 71.4 Å². The van der Waals surface area contributed by atoms with Crippen LogP contribution in [0, 0.1) is 6.92 Å². The van der Waals surface area contributed by atoms with Crippen molar-refractivity contribution in [2.75, 3.05) is 19.2 Å². The highest BCUT2D eigenvalue weighted by Gasteiger charge is 2.51. The minimum Gasteiger partial charge on any atom is -0.454 e. The number of anilines is 1. The van der Waals surface area contributed by atoms with Crippen molar-refractivity contribution in [3.63, 3.8) is 0 Å². The number of amides is 2. The average molecular weight is 429 g/mol. The summed E-state index contributed by atoms with van der Waals surface area (Å²) in [5, 5.41) is 5.60. The first-order valence-corrected chi connectivity index (χ1v) is 10.5. The highest BCUT2D eigenvalue weighted by molar-refractivity contribution is 6.01. The molecule has 1 aliphatic carbocycles. The Bertz CT molecular complexity index is 1220. The lowest BCUT2D eigenvalue weighted by Crippen LogP contribution is -2.28. The van der Waals surface area contributed by atoms with Crippen molar-refractivity contribution in [1.82, 2.24) is 10.3 Å². The van der Waals surface area contributed by atoms with Gasteiger partial charge in [-0.05, 0) is 67.3 Å². The van der Waals surface area contributed by atoms with Gasteiger partial charge in [0.15, 0.2) is 11.5 Å². The number of carbonyl (C=O) groups is 2. The van der Waals surface area contributed by atoms with Gasteiger partial charge in [0.1, 0.15) is 5.82 Å². The maximum atomic E-state index is 13.1. The van der Waals surface area contributed by atoms with Gasteiger partial charge < -0.3 is 20.1 Å². The fraction of sp³-hybridized carbons (Fsp3) is 0.240. The van der Waals surface area contributed by atoms with Crippen LogP contribution in [0.15, 0.2) is 54.6 Å². The van der Waals surface area contributed by atoms with Gasteiger partial charge in [0.2, 0.25) is 12.7 Å². The van der Waals surface area contributed by atoms with E-state index in [2.05, 4.69) is 15.6 Å². The summed E-state index contributed by atoms with van der Waals surface area (Å²) in [5.74, 6) is 1.72. The van der Waals surface area contributed by atoms with Crippen molar-refractivity contribution in [2.45, 2.75) is 25.2 Å². The molecule has 2 amide bonds. The van der Waals surface area contributed by atoms with Gasteiger partial charge in [0.05, 0.1) is 5.41 Å². The third-order valence-corrected chi connectivity index (χ3v) is 6.12. The van der Waals surface area contributed by atoms with Crippen LogP contribution in [0.2, 0.25) is 0 Å². The van der Waals surface area contributed by atoms with Gasteiger partial charge in [-0.2, -0.15) is 0 Å². The van der Waals surface area contributed by atoms with Gasteiger partial charge in [0, 0.05) is 23.9 Å². The Morgan fingerprint density at radius 3 is 2.41 bits per heavy atom. The Morgan fingerprint density at radius 2 is 1.72 bits per heavy atom. The van der Waals surface area contributed by atoms with Crippen LogP contribution in [0.1, 0.15) is 34.5 Å². The molecule has 2 N–H and O–H groups in total. The zero-order valence-electron chi connectivity index (χ0n) is 17.9. The molecule has 2 aromatic carbocycles. The SMILES string of the molecule is CNC(=O)c1ccc(-c2ccc(NC(=O)C3(c4ccc5c(c4)OCO5)CC3)nc2C)cc1. The molecule has 0 radical (unpaired) electrons. The van der Waals surface area contributed by atoms with E-state index in [1.807, 2.05) is 49.4 Å². The van der Waals surface area contributed by atoms with Crippen LogP contribution < -0.4 is 20.1 Å². The third kappa shape index (κ3) is 3.45. The summed E-state index contributed by atoms with van der Waals surface area (Å²) in [6, 6.07) is 16.8. The number of benzene rings is 2. The maximum absolute atomic E-state index is 13.1. The van der Waals surface area contributed by atoms with E-state index in [1.165, 1.54) is 0 Å². The number of aromatic nitrogens is 1. The number of aryl methyl sites for hydroxylation is 1. The second-order valence-electron chi connectivity index (χ2n) is 8.09. The van der Waals surface area contributed by atoms with E-state index in [4.69, 9.17) is 9.47 Å². The molecule has 5 rings (SSSR count). The summed E-state index contributed by atoms with van der Waals surface area (Å²) < 4.78 is 10.8. The smallest absolute Gasteiger partial charge is 0.251 e. The number of ether oxygens (including phenoxy) is 2. The minimum atomic E-state index is -0.551. The van der Waals surface area contributed by atoms with E-state index in [1.54, 1.807) is 19.2 Å². The summed E-state index contributed by atoms with van der Waals surface area (Å²) in [5.41, 5.74) is 3.68. The molecule has 1 aliphatic heterocycles. The molecule has 3 aromatic rings. The summed E-state index contributed by atoms with van der Waals surface area (Å²) >= 11 is 0. The van der Waals surface area contributed by atoms with Crippen LogP contribution in [0.25, 0.3) is 11.1 Å². The molecule has 0 spiro atoms. The van der Waals surface area contributed by atoms with Crippen molar-refractivity contribution in [2.24, 2.45) is 0 Å². The Balaban J connectivity index is 1.33. The number of carbonyl (C=O) groups excluding carboxylic acids is 2. The highest BCUT2D eigenvalue weighted by atomic mass is 16.7. The lowest BCUT2D eigenvalue weighted by Gasteiger charge is -2.16. The quantitative estimate of drug-likeness (QED) is 0.644. The molecule has 1 aromatic heterocycles. The van der Waals surface area contributed by atoms with Crippen LogP contribution in [-0.2, 0) is 10.2 Å². The van der Waals surface area contributed by atoms with Crippen molar-refractivity contribution >= 4 is 17.6 Å². The number of hydrogen-bond donors (Lipinski definition) is 2. The lowest BCUT2D eigenvalue weighted by molar-refractivity contribution is -0.118. The Morgan fingerprint density at radius 1 is 0.969 bits per heavy atom. The first-order valence-electron chi connectivity index (χ1n) is 10.5. The second kappa shape index (κ2) is 7.67. The topological polar surface area (TPSA) is 89.6 Å². The van der Waals surface area contributed by atoms with Crippen molar-refractivity contribution < 1.29 is 19.1 Å². The zero-order chi connectivity index (χ0) is 22.3. The summed E-state index contributed by atoms with van der Waals surface area (Å²) in [6.07, 6.45) is 1.57. The maximum Gasteiger partial charge on any atom is 0.251 e.